The molecule has 1 atom stereocenters. The Morgan fingerprint density at radius 1 is 0.843 bits per heavy atom. The van der Waals surface area contributed by atoms with E-state index in [1.165, 1.54) is 50.9 Å². The number of ether oxygens (including phenoxy) is 3. The molecule has 0 saturated heterocycles. The molecular weight excluding hydrogens is 707 g/mol. The summed E-state index contributed by atoms with van der Waals surface area (Å²) < 4.78 is 20.7. The minimum absolute atomic E-state index is 0.0321. The summed E-state index contributed by atoms with van der Waals surface area (Å²) in [4.78, 5) is 45.9. The Labute approximate surface area is 308 Å². The van der Waals surface area contributed by atoms with E-state index < -0.39 is 17.1 Å². The van der Waals surface area contributed by atoms with Crippen LogP contribution in [0.1, 0.15) is 33.7 Å². The number of thioether (sulfide) groups is 2. The Morgan fingerprint density at radius 2 is 1.53 bits per heavy atom. The standard InChI is InChI=1S/C37H35N5O6S3/c1-5-49-37-41-36(51-42-37)40-35(45)32(24-13-8-6-9-14-24)50-27-18-12-17-26(22-27)38-34(44)28(39-33(43)25-15-10-7-11-16-25)19-23-20-29(46-2)31(48-4)30(21-23)47-3/h6-22,32H,5H2,1-4H3,(H,38,44)(H,39,43)(H,40,41,42,45)/b28-19+. The number of rotatable bonds is 15. The van der Waals surface area contributed by atoms with Gasteiger partial charge in [0.15, 0.2) is 11.5 Å². The third kappa shape index (κ3) is 9.90. The van der Waals surface area contributed by atoms with Gasteiger partial charge < -0.3 is 24.8 Å². The van der Waals surface area contributed by atoms with Gasteiger partial charge in [-0.25, -0.2) is 0 Å². The number of amides is 3. The van der Waals surface area contributed by atoms with Crippen LogP contribution in [0, 0.1) is 0 Å². The molecule has 3 amide bonds. The number of nitrogens with zero attached hydrogens (tertiary/aromatic N) is 2. The van der Waals surface area contributed by atoms with E-state index in [0.717, 1.165) is 27.7 Å². The van der Waals surface area contributed by atoms with Gasteiger partial charge in [0, 0.05) is 27.7 Å². The molecule has 0 aliphatic carbocycles. The van der Waals surface area contributed by atoms with Crippen LogP contribution in [-0.4, -0.2) is 54.2 Å². The fourth-order valence-corrected chi connectivity index (χ4v) is 7.15. The van der Waals surface area contributed by atoms with E-state index in [-0.39, 0.29) is 11.6 Å². The van der Waals surface area contributed by atoms with Crippen LogP contribution in [-0.2, 0) is 9.59 Å². The first-order valence-electron chi connectivity index (χ1n) is 15.6. The van der Waals surface area contributed by atoms with E-state index in [0.29, 0.717) is 44.4 Å². The Bertz CT molecular complexity index is 1980. The number of methoxy groups -OCH3 is 3. The largest absolute Gasteiger partial charge is 0.493 e. The average Bonchev–Trinajstić information content (AvgIpc) is 3.60. The van der Waals surface area contributed by atoms with Gasteiger partial charge in [0.2, 0.25) is 21.9 Å². The first-order chi connectivity index (χ1) is 24.8. The van der Waals surface area contributed by atoms with Crippen molar-refractivity contribution in [3.63, 3.8) is 0 Å². The lowest BCUT2D eigenvalue weighted by Crippen LogP contribution is -2.30. The van der Waals surface area contributed by atoms with Gasteiger partial charge in [-0.1, -0.05) is 73.3 Å². The minimum Gasteiger partial charge on any atom is -0.493 e. The topological polar surface area (TPSA) is 141 Å². The maximum absolute atomic E-state index is 13.9. The quantitative estimate of drug-likeness (QED) is 0.0728. The zero-order chi connectivity index (χ0) is 36.2. The summed E-state index contributed by atoms with van der Waals surface area (Å²) >= 11 is 3.95. The van der Waals surface area contributed by atoms with E-state index in [2.05, 4.69) is 25.3 Å². The van der Waals surface area contributed by atoms with E-state index >= 15 is 0 Å². The van der Waals surface area contributed by atoms with Crippen molar-refractivity contribution in [3.8, 4) is 17.2 Å². The first-order valence-corrected chi connectivity index (χ1v) is 18.2. The summed E-state index contributed by atoms with van der Waals surface area (Å²) in [5.41, 5.74) is 2.10. The molecule has 0 fully saturated rings. The van der Waals surface area contributed by atoms with Crippen LogP contribution in [0.3, 0.4) is 0 Å². The molecular formula is C37H35N5O6S3. The number of benzene rings is 4. The second-order valence-electron chi connectivity index (χ2n) is 10.5. The third-order valence-electron chi connectivity index (χ3n) is 7.12. The van der Waals surface area contributed by atoms with Crippen molar-refractivity contribution in [1.82, 2.24) is 14.7 Å². The van der Waals surface area contributed by atoms with Crippen molar-refractivity contribution in [1.29, 1.82) is 0 Å². The molecule has 0 aliphatic rings. The van der Waals surface area contributed by atoms with Crippen LogP contribution in [0.25, 0.3) is 6.08 Å². The number of carbonyl (C=O) groups is 3. The number of aromatic nitrogens is 2. The van der Waals surface area contributed by atoms with Gasteiger partial charge in [-0.05, 0) is 65.4 Å². The van der Waals surface area contributed by atoms with Gasteiger partial charge in [-0.15, -0.1) is 11.8 Å². The monoisotopic (exact) mass is 741 g/mol. The van der Waals surface area contributed by atoms with Gasteiger partial charge >= 0.3 is 0 Å². The van der Waals surface area contributed by atoms with Gasteiger partial charge in [0.25, 0.3) is 11.8 Å². The molecule has 3 N–H and O–H groups in total. The van der Waals surface area contributed by atoms with Crippen LogP contribution in [0.5, 0.6) is 17.2 Å². The molecule has 1 unspecified atom stereocenters. The average molecular weight is 742 g/mol. The lowest BCUT2D eigenvalue weighted by atomic mass is 10.1. The number of nitrogens with one attached hydrogen (secondary N) is 3. The van der Waals surface area contributed by atoms with Crippen LogP contribution in [0.2, 0.25) is 0 Å². The number of carbonyl (C=O) groups excluding carboxylic acids is 3. The molecule has 4 aromatic carbocycles. The van der Waals surface area contributed by atoms with Crippen LogP contribution < -0.4 is 30.2 Å². The molecule has 0 saturated carbocycles. The second kappa shape index (κ2) is 18.1. The normalized spacial score (nSPS) is 11.6. The Kier molecular flexibility index (Phi) is 13.1. The van der Waals surface area contributed by atoms with Crippen molar-refractivity contribution in [3.05, 3.63) is 119 Å². The fourth-order valence-electron chi connectivity index (χ4n) is 4.80. The summed E-state index contributed by atoms with van der Waals surface area (Å²) in [6.07, 6.45) is 1.52. The van der Waals surface area contributed by atoms with E-state index in [9.17, 15) is 14.4 Å². The Hall–Kier alpha value is -5.31. The summed E-state index contributed by atoms with van der Waals surface area (Å²) in [6, 6.07) is 28.4. The highest BCUT2D eigenvalue weighted by molar-refractivity contribution is 8.00. The van der Waals surface area contributed by atoms with E-state index in [4.69, 9.17) is 14.2 Å². The van der Waals surface area contributed by atoms with E-state index in [1.54, 1.807) is 60.7 Å². The smallest absolute Gasteiger partial charge is 0.272 e. The van der Waals surface area contributed by atoms with Crippen molar-refractivity contribution < 1.29 is 28.6 Å². The van der Waals surface area contributed by atoms with Crippen molar-refractivity contribution >= 4 is 69.7 Å². The molecule has 1 aromatic heterocycles. The Balaban J connectivity index is 1.41. The highest BCUT2D eigenvalue weighted by atomic mass is 32.2. The summed E-state index contributed by atoms with van der Waals surface area (Å²) in [7, 11) is 4.48. The molecule has 51 heavy (non-hydrogen) atoms. The maximum Gasteiger partial charge on any atom is 0.272 e. The summed E-state index contributed by atoms with van der Waals surface area (Å²) in [5, 5.41) is 8.95. The van der Waals surface area contributed by atoms with E-state index in [1.807, 2.05) is 43.3 Å². The number of hydrogen-bond donors (Lipinski definition) is 3. The van der Waals surface area contributed by atoms with Crippen molar-refractivity contribution in [2.75, 3.05) is 37.7 Å². The summed E-state index contributed by atoms with van der Waals surface area (Å²) in [6.45, 7) is 2.01. The second-order valence-corrected chi connectivity index (χ2v) is 13.7. The predicted molar refractivity (Wildman–Crippen MR) is 203 cm³/mol. The van der Waals surface area contributed by atoms with Crippen molar-refractivity contribution in [2.24, 2.45) is 0 Å². The third-order valence-corrected chi connectivity index (χ3v) is 9.85. The molecule has 5 rings (SSSR count). The molecule has 11 nitrogen and oxygen atoms in total. The van der Waals surface area contributed by atoms with Crippen LogP contribution >= 0.6 is 35.1 Å². The highest BCUT2D eigenvalue weighted by Gasteiger charge is 2.24. The van der Waals surface area contributed by atoms with Gasteiger partial charge in [-0.3, -0.25) is 19.7 Å². The maximum atomic E-state index is 13.9. The molecule has 0 spiro atoms. The molecule has 1 heterocycles. The zero-order valence-electron chi connectivity index (χ0n) is 28.2. The highest BCUT2D eigenvalue weighted by Crippen LogP contribution is 2.39. The van der Waals surface area contributed by atoms with Gasteiger partial charge in [0.05, 0.1) is 21.3 Å². The molecule has 0 bridgehead atoms. The molecule has 262 valence electrons. The lowest BCUT2D eigenvalue weighted by molar-refractivity contribution is -0.116. The molecule has 14 heteroatoms. The fraction of sp³-hybridized carbons (Fsp3) is 0.162. The predicted octanol–water partition coefficient (Wildman–Crippen LogP) is 7.56. The van der Waals surface area contributed by atoms with Crippen molar-refractivity contribution in [2.45, 2.75) is 22.2 Å². The van der Waals surface area contributed by atoms with Crippen LogP contribution in [0.15, 0.2) is 113 Å². The SMILES string of the molecule is CCSc1nsc(NC(=O)C(Sc2cccc(NC(=O)/C(=C\c3cc(OC)c(OC)c(OC)c3)NC(=O)c3ccccc3)c2)c2ccccc2)n1. The van der Waals surface area contributed by atoms with Gasteiger partial charge in [-0.2, -0.15) is 9.36 Å². The number of hydrogen-bond acceptors (Lipinski definition) is 11. The molecule has 0 radical (unpaired) electrons. The van der Waals surface area contributed by atoms with Crippen LogP contribution in [0.4, 0.5) is 10.8 Å². The van der Waals surface area contributed by atoms with Gasteiger partial charge in [0.1, 0.15) is 10.9 Å². The lowest BCUT2D eigenvalue weighted by Gasteiger charge is -2.17. The molecule has 5 aromatic rings. The zero-order valence-corrected chi connectivity index (χ0v) is 30.6. The summed E-state index contributed by atoms with van der Waals surface area (Å²) in [5.74, 6) is 0.656. The number of anilines is 2. The molecule has 0 aliphatic heterocycles. The Morgan fingerprint density at radius 3 is 2.18 bits per heavy atom. The first kappa shape index (κ1) is 37.0. The minimum atomic E-state index is -0.635.